The van der Waals surface area contributed by atoms with Gasteiger partial charge in [-0.15, -0.1) is 22.9 Å². The predicted octanol–water partition coefficient (Wildman–Crippen LogP) is 3.97. The average Bonchev–Trinajstić information content (AvgIpc) is 2.44. The van der Waals surface area contributed by atoms with Crippen molar-refractivity contribution in [2.24, 2.45) is 0 Å². The summed E-state index contributed by atoms with van der Waals surface area (Å²) in [4.78, 5) is 14.2. The van der Waals surface area contributed by atoms with E-state index in [2.05, 4.69) is 31.9 Å². The third-order valence-corrected chi connectivity index (χ3v) is 5.11. The molecule has 0 saturated heterocycles. The second-order valence-electron chi connectivity index (χ2n) is 3.20. The van der Waals surface area contributed by atoms with E-state index in [1.165, 1.54) is 11.3 Å². The Morgan fingerprint density at radius 1 is 1.67 bits per heavy atom. The van der Waals surface area contributed by atoms with Gasteiger partial charge < -0.3 is 4.90 Å². The van der Waals surface area contributed by atoms with Crippen LogP contribution in [0.5, 0.6) is 0 Å². The van der Waals surface area contributed by atoms with Crippen molar-refractivity contribution in [2.75, 3.05) is 13.6 Å². The van der Waals surface area contributed by atoms with Crippen LogP contribution in [-0.2, 0) is 0 Å². The molecule has 0 saturated carbocycles. The lowest BCUT2D eigenvalue weighted by molar-refractivity contribution is 0.0801. The van der Waals surface area contributed by atoms with Crippen LogP contribution in [0.25, 0.3) is 0 Å². The molecule has 0 aliphatic carbocycles. The highest BCUT2D eigenvalue weighted by Gasteiger charge is 2.17. The zero-order chi connectivity index (χ0) is 11.6. The van der Waals surface area contributed by atoms with Crippen LogP contribution in [0.2, 0.25) is 0 Å². The molecule has 0 aliphatic rings. The molecule has 15 heavy (non-hydrogen) atoms. The molecule has 0 aromatic carbocycles. The summed E-state index contributed by atoms with van der Waals surface area (Å²) in [6, 6.07) is 1.81. The number of rotatable bonds is 3. The number of thiophene rings is 1. The summed E-state index contributed by atoms with van der Waals surface area (Å²) < 4.78 is 1.83. The molecule has 0 fully saturated rings. The number of nitrogens with zero attached hydrogens (tertiary/aromatic N) is 1. The number of hydrogen-bond donors (Lipinski definition) is 0. The number of halogens is 3. The molecule has 1 aromatic heterocycles. The minimum atomic E-state index is -0.0363. The third-order valence-electron chi connectivity index (χ3n) is 1.73. The fourth-order valence-corrected chi connectivity index (χ4v) is 3.34. The molecule has 0 N–H and O–H groups in total. The van der Waals surface area contributed by atoms with Crippen molar-refractivity contribution >= 4 is 60.7 Å². The molecule has 84 valence electrons. The molecule has 2 nitrogen and oxygen atoms in total. The molecule has 6 heteroatoms. The number of amides is 1. The maximum Gasteiger partial charge on any atom is 0.263 e. The summed E-state index contributed by atoms with van der Waals surface area (Å²) in [5.74, 6) is -0.00102. The average molecular weight is 376 g/mol. The maximum absolute atomic E-state index is 11.9. The van der Waals surface area contributed by atoms with Gasteiger partial charge in [-0.2, -0.15) is 0 Å². The van der Waals surface area contributed by atoms with Gasteiger partial charge in [-0.3, -0.25) is 4.79 Å². The lowest BCUT2D eigenvalue weighted by atomic mass is 10.3. The van der Waals surface area contributed by atoms with E-state index in [4.69, 9.17) is 11.6 Å². The van der Waals surface area contributed by atoms with E-state index >= 15 is 0 Å². The highest BCUT2D eigenvalue weighted by atomic mass is 79.9. The minimum absolute atomic E-state index is 0.00102. The smallest absolute Gasteiger partial charge is 0.263 e. The van der Waals surface area contributed by atoms with Crippen LogP contribution in [0.3, 0.4) is 0 Å². The molecule has 1 heterocycles. The summed E-state index contributed by atoms with van der Waals surface area (Å²) in [6.45, 7) is 2.42. The van der Waals surface area contributed by atoms with Crippen LogP contribution in [0, 0.1) is 0 Å². The first-order chi connectivity index (χ1) is 6.91. The predicted molar refractivity (Wildman–Crippen MR) is 72.0 cm³/mol. The first kappa shape index (κ1) is 13.5. The molecule has 0 bridgehead atoms. The molecular formula is C9H10Br2ClNOS. The fourth-order valence-electron chi connectivity index (χ4n) is 1.10. The Bertz CT molecular complexity index is 347. The van der Waals surface area contributed by atoms with Crippen molar-refractivity contribution in [3.63, 3.8) is 0 Å². The number of hydrogen-bond acceptors (Lipinski definition) is 2. The topological polar surface area (TPSA) is 20.3 Å². The van der Waals surface area contributed by atoms with Gasteiger partial charge in [0.15, 0.2) is 0 Å². The van der Waals surface area contributed by atoms with E-state index in [-0.39, 0.29) is 11.3 Å². The Kier molecular flexibility index (Phi) is 5.09. The Hall–Kier alpha value is 0.420. The lowest BCUT2D eigenvalue weighted by Gasteiger charge is -2.17. The van der Waals surface area contributed by atoms with Gasteiger partial charge in [-0.25, -0.2) is 0 Å². The number of carbonyl (C=O) groups is 1. The summed E-state index contributed by atoms with van der Waals surface area (Å²) in [5, 5.41) is -0.0363. The third kappa shape index (κ3) is 3.73. The van der Waals surface area contributed by atoms with Crippen LogP contribution in [0.15, 0.2) is 14.3 Å². The van der Waals surface area contributed by atoms with Crippen molar-refractivity contribution < 1.29 is 4.79 Å². The molecule has 1 unspecified atom stereocenters. The van der Waals surface area contributed by atoms with E-state index in [9.17, 15) is 4.79 Å². The van der Waals surface area contributed by atoms with Crippen LogP contribution in [0.1, 0.15) is 16.6 Å². The van der Waals surface area contributed by atoms with Crippen LogP contribution in [-0.4, -0.2) is 29.8 Å². The molecule has 0 radical (unpaired) electrons. The van der Waals surface area contributed by atoms with Crippen molar-refractivity contribution in [2.45, 2.75) is 12.3 Å². The van der Waals surface area contributed by atoms with Gasteiger partial charge in [0.2, 0.25) is 0 Å². The summed E-state index contributed by atoms with van der Waals surface area (Å²) >= 11 is 14.0. The maximum atomic E-state index is 11.9. The van der Waals surface area contributed by atoms with Crippen molar-refractivity contribution in [3.8, 4) is 0 Å². The Balaban J connectivity index is 2.76. The summed E-state index contributed by atoms with van der Waals surface area (Å²) in [5.41, 5.74) is 0. The van der Waals surface area contributed by atoms with E-state index in [1.54, 1.807) is 11.9 Å². The Morgan fingerprint density at radius 2 is 2.27 bits per heavy atom. The van der Waals surface area contributed by atoms with E-state index in [1.807, 2.05) is 13.0 Å². The van der Waals surface area contributed by atoms with Crippen LogP contribution < -0.4 is 0 Å². The zero-order valence-corrected chi connectivity index (χ0v) is 13.0. The van der Waals surface area contributed by atoms with Crippen molar-refractivity contribution in [1.82, 2.24) is 4.90 Å². The zero-order valence-electron chi connectivity index (χ0n) is 8.26. The van der Waals surface area contributed by atoms with Gasteiger partial charge in [0.25, 0.3) is 5.91 Å². The fraction of sp³-hybridized carbons (Fsp3) is 0.444. The molecular weight excluding hydrogens is 365 g/mol. The second kappa shape index (κ2) is 5.66. The Labute approximate surface area is 115 Å². The van der Waals surface area contributed by atoms with E-state index in [0.29, 0.717) is 11.4 Å². The number of carbonyl (C=O) groups excluding carboxylic acids is 1. The highest BCUT2D eigenvalue weighted by molar-refractivity contribution is 9.13. The first-order valence-electron chi connectivity index (χ1n) is 4.26. The summed E-state index contributed by atoms with van der Waals surface area (Å²) in [6.07, 6.45) is 0. The molecule has 1 aromatic rings. The van der Waals surface area contributed by atoms with Crippen LogP contribution in [0.4, 0.5) is 0 Å². The van der Waals surface area contributed by atoms with E-state index < -0.39 is 0 Å². The monoisotopic (exact) mass is 373 g/mol. The van der Waals surface area contributed by atoms with Gasteiger partial charge in [0, 0.05) is 23.4 Å². The normalized spacial score (nSPS) is 12.6. The second-order valence-corrected chi connectivity index (χ2v) is 7.17. The van der Waals surface area contributed by atoms with E-state index in [0.717, 1.165) is 8.26 Å². The van der Waals surface area contributed by atoms with Crippen LogP contribution >= 0.6 is 54.8 Å². The van der Waals surface area contributed by atoms with Gasteiger partial charge in [-0.1, -0.05) is 0 Å². The standard InChI is InChI=1S/C9H10Br2ClNOS/c1-5(12)4-13(2)9(14)7-3-6(10)8(11)15-7/h3,5H,4H2,1-2H3. The van der Waals surface area contributed by atoms with Gasteiger partial charge in [0.1, 0.15) is 0 Å². The highest BCUT2D eigenvalue weighted by Crippen LogP contribution is 2.32. The molecule has 0 spiro atoms. The summed E-state index contributed by atoms with van der Waals surface area (Å²) in [7, 11) is 1.75. The Morgan fingerprint density at radius 3 is 2.67 bits per heavy atom. The first-order valence-corrected chi connectivity index (χ1v) is 7.10. The largest absolute Gasteiger partial charge is 0.340 e. The van der Waals surface area contributed by atoms with Crippen molar-refractivity contribution in [3.05, 3.63) is 19.2 Å². The van der Waals surface area contributed by atoms with Gasteiger partial charge in [-0.05, 0) is 44.8 Å². The minimum Gasteiger partial charge on any atom is -0.340 e. The lowest BCUT2D eigenvalue weighted by Crippen LogP contribution is -2.30. The van der Waals surface area contributed by atoms with Crippen molar-refractivity contribution in [1.29, 1.82) is 0 Å². The molecule has 1 rings (SSSR count). The number of alkyl halides is 1. The SMILES string of the molecule is CC(Cl)CN(C)C(=O)c1cc(Br)c(Br)s1. The van der Waals surface area contributed by atoms with Gasteiger partial charge >= 0.3 is 0 Å². The molecule has 0 aliphatic heterocycles. The van der Waals surface area contributed by atoms with Gasteiger partial charge in [0.05, 0.1) is 8.66 Å². The molecule has 1 amide bonds. The molecule has 1 atom stereocenters. The quantitative estimate of drug-likeness (QED) is 0.732.